The second-order valence-electron chi connectivity index (χ2n) is 7.20. The van der Waals surface area contributed by atoms with Crippen molar-refractivity contribution in [2.24, 2.45) is 0 Å². The van der Waals surface area contributed by atoms with Gasteiger partial charge in [-0.2, -0.15) is 4.31 Å². The summed E-state index contributed by atoms with van der Waals surface area (Å²) in [5.41, 5.74) is 1.92. The maximum absolute atomic E-state index is 13.0. The lowest BCUT2D eigenvalue weighted by molar-refractivity contribution is -0.182. The van der Waals surface area contributed by atoms with E-state index in [1.54, 1.807) is 26.0 Å². The van der Waals surface area contributed by atoms with Crippen molar-refractivity contribution >= 4 is 28.0 Å². The van der Waals surface area contributed by atoms with E-state index in [-0.39, 0.29) is 19.6 Å². The summed E-state index contributed by atoms with van der Waals surface area (Å²) in [6.45, 7) is 3.98. The summed E-state index contributed by atoms with van der Waals surface area (Å²) in [6, 6.07) is 4.37. The Morgan fingerprint density at radius 3 is 2.81 bits per heavy atom. The zero-order valence-corrected chi connectivity index (χ0v) is 16.7. The van der Waals surface area contributed by atoms with Crippen LogP contribution in [-0.2, 0) is 37.3 Å². The highest BCUT2D eigenvalue weighted by molar-refractivity contribution is 7.89. The first kappa shape index (κ1) is 20.5. The number of nitrogens with zero attached hydrogens (tertiary/aromatic N) is 2. The van der Waals surface area contributed by atoms with Crippen molar-refractivity contribution in [1.82, 2.24) is 9.37 Å². The summed E-state index contributed by atoms with van der Waals surface area (Å²) in [4.78, 5) is 11.1. The predicted octanol–water partition coefficient (Wildman–Crippen LogP) is 1.40. The normalized spacial score (nSPS) is 23.6. The molecule has 2 aliphatic rings. The number of benzene rings is 1. The fraction of sp³-hybridized carbons (Fsp3) is 0.588. The van der Waals surface area contributed by atoms with Crippen LogP contribution in [-0.4, -0.2) is 66.2 Å². The van der Waals surface area contributed by atoms with Crippen LogP contribution in [0.2, 0.25) is 5.02 Å². The zero-order valence-electron chi connectivity index (χ0n) is 15.2. The molecule has 1 unspecified atom stereocenters. The van der Waals surface area contributed by atoms with Gasteiger partial charge in [-0.05, 0) is 43.5 Å². The van der Waals surface area contributed by atoms with Gasteiger partial charge in [0, 0.05) is 18.1 Å². The molecule has 1 N–H and O–H groups in total. The van der Waals surface area contributed by atoms with Crippen molar-refractivity contribution in [1.29, 1.82) is 0 Å². The SMILES string of the molecule is CC1(C)OC[C@H](C(CS(=O)(=O)N2CCc3ccc(Cl)cc3C2)N(O)C=O)O1. The van der Waals surface area contributed by atoms with Crippen LogP contribution < -0.4 is 0 Å². The van der Waals surface area contributed by atoms with Gasteiger partial charge >= 0.3 is 0 Å². The molecule has 1 fully saturated rings. The number of halogens is 1. The summed E-state index contributed by atoms with van der Waals surface area (Å²) in [7, 11) is -3.77. The average Bonchev–Trinajstić information content (AvgIpc) is 2.98. The minimum atomic E-state index is -3.77. The van der Waals surface area contributed by atoms with Gasteiger partial charge in [0.05, 0.1) is 12.4 Å². The number of hydrogen-bond acceptors (Lipinski definition) is 6. The molecule has 2 atom stereocenters. The lowest BCUT2D eigenvalue weighted by Crippen LogP contribution is -2.50. The monoisotopic (exact) mass is 418 g/mol. The van der Waals surface area contributed by atoms with Crippen LogP contribution >= 0.6 is 11.6 Å². The quantitative estimate of drug-likeness (QED) is 0.426. The number of fused-ring (bicyclic) bond motifs is 1. The first-order valence-electron chi connectivity index (χ1n) is 8.61. The van der Waals surface area contributed by atoms with Crippen LogP contribution in [0.1, 0.15) is 25.0 Å². The second-order valence-corrected chi connectivity index (χ2v) is 9.65. The van der Waals surface area contributed by atoms with Gasteiger partial charge in [0.2, 0.25) is 16.4 Å². The van der Waals surface area contributed by atoms with Gasteiger partial charge in [0.15, 0.2) is 5.79 Å². The number of carbonyl (C=O) groups is 1. The average molecular weight is 419 g/mol. The van der Waals surface area contributed by atoms with Gasteiger partial charge in [-0.15, -0.1) is 0 Å². The van der Waals surface area contributed by atoms with Crippen LogP contribution in [0, 0.1) is 0 Å². The smallest absolute Gasteiger partial charge is 0.233 e. The maximum atomic E-state index is 13.0. The molecule has 10 heteroatoms. The first-order chi connectivity index (χ1) is 12.6. The molecule has 1 aromatic carbocycles. The van der Waals surface area contributed by atoms with Crippen LogP contribution in [0.4, 0.5) is 0 Å². The summed E-state index contributed by atoms with van der Waals surface area (Å²) in [5, 5.41) is 10.8. The Morgan fingerprint density at radius 1 is 1.44 bits per heavy atom. The molecule has 3 rings (SSSR count). The van der Waals surface area contributed by atoms with Gasteiger partial charge in [0.25, 0.3) is 0 Å². The van der Waals surface area contributed by atoms with E-state index >= 15 is 0 Å². The zero-order chi connectivity index (χ0) is 19.8. The Kier molecular flexibility index (Phi) is 5.81. The fourth-order valence-corrected chi connectivity index (χ4v) is 5.31. The second kappa shape index (κ2) is 7.65. The van der Waals surface area contributed by atoms with E-state index in [2.05, 4.69) is 0 Å². The van der Waals surface area contributed by atoms with Crippen molar-refractivity contribution in [3.05, 3.63) is 34.3 Å². The molecule has 0 aliphatic carbocycles. The predicted molar refractivity (Wildman–Crippen MR) is 97.7 cm³/mol. The molecule has 0 saturated carbocycles. The Balaban J connectivity index is 1.78. The third-order valence-corrected chi connectivity index (χ3v) is 6.92. The van der Waals surface area contributed by atoms with E-state index in [0.29, 0.717) is 23.1 Å². The Morgan fingerprint density at radius 2 is 2.19 bits per heavy atom. The van der Waals surface area contributed by atoms with E-state index in [9.17, 15) is 18.4 Å². The summed E-state index contributed by atoms with van der Waals surface area (Å²) in [6.07, 6.45) is -0.000135. The Bertz CT molecular complexity index is 816. The molecule has 1 aromatic rings. The maximum Gasteiger partial charge on any atom is 0.233 e. The standard InChI is InChI=1S/C17H23ClN2O6S/c1-17(2)25-9-16(26-17)15(20(22)11-21)10-27(23,24)19-6-5-12-3-4-14(18)7-13(12)8-19/h3-4,7,11,15-16,22H,5-6,8-10H2,1-2H3/t15?,16-/m1/s1. The number of hydroxylamine groups is 2. The van der Waals surface area contributed by atoms with E-state index < -0.39 is 33.7 Å². The molecule has 0 radical (unpaired) electrons. The van der Waals surface area contributed by atoms with Crippen molar-refractivity contribution in [3.8, 4) is 0 Å². The van der Waals surface area contributed by atoms with E-state index in [1.807, 2.05) is 6.07 Å². The van der Waals surface area contributed by atoms with Crippen LogP contribution in [0.15, 0.2) is 18.2 Å². The summed E-state index contributed by atoms with van der Waals surface area (Å²) in [5.74, 6) is -1.38. The molecule has 1 amide bonds. The highest BCUT2D eigenvalue weighted by atomic mass is 35.5. The van der Waals surface area contributed by atoms with Gasteiger partial charge < -0.3 is 9.47 Å². The van der Waals surface area contributed by atoms with Gasteiger partial charge in [-0.3, -0.25) is 10.0 Å². The van der Waals surface area contributed by atoms with Crippen molar-refractivity contribution in [2.45, 2.75) is 44.7 Å². The highest BCUT2D eigenvalue weighted by Gasteiger charge is 2.43. The largest absolute Gasteiger partial charge is 0.348 e. The molecule has 150 valence electrons. The van der Waals surface area contributed by atoms with Gasteiger partial charge in [-0.1, -0.05) is 17.7 Å². The van der Waals surface area contributed by atoms with Crippen LogP contribution in [0.25, 0.3) is 0 Å². The molecule has 0 aromatic heterocycles. The molecule has 27 heavy (non-hydrogen) atoms. The van der Waals surface area contributed by atoms with Crippen molar-refractivity contribution in [2.75, 3.05) is 18.9 Å². The van der Waals surface area contributed by atoms with Gasteiger partial charge in [-0.25, -0.2) is 13.5 Å². The lowest BCUT2D eigenvalue weighted by atomic mass is 10.0. The van der Waals surface area contributed by atoms with E-state index in [4.69, 9.17) is 21.1 Å². The molecule has 1 saturated heterocycles. The van der Waals surface area contributed by atoms with Gasteiger partial charge in [0.1, 0.15) is 12.1 Å². The number of rotatable bonds is 6. The third kappa shape index (κ3) is 4.61. The van der Waals surface area contributed by atoms with E-state index in [0.717, 1.165) is 11.1 Å². The van der Waals surface area contributed by atoms with Crippen LogP contribution in [0.3, 0.4) is 0 Å². The number of ether oxygens (including phenoxy) is 2. The first-order valence-corrected chi connectivity index (χ1v) is 10.6. The number of amides is 1. The summed E-state index contributed by atoms with van der Waals surface area (Å²) >= 11 is 6.02. The van der Waals surface area contributed by atoms with Crippen molar-refractivity contribution < 1.29 is 27.9 Å². The minimum absolute atomic E-state index is 0.0799. The minimum Gasteiger partial charge on any atom is -0.348 e. The van der Waals surface area contributed by atoms with Crippen molar-refractivity contribution in [3.63, 3.8) is 0 Å². The Hall–Kier alpha value is -1.23. The number of sulfonamides is 1. The topological polar surface area (TPSA) is 96.4 Å². The van der Waals surface area contributed by atoms with E-state index in [1.165, 1.54) is 4.31 Å². The third-order valence-electron chi connectivity index (χ3n) is 4.83. The molecule has 0 spiro atoms. The lowest BCUT2D eigenvalue weighted by Gasteiger charge is -2.32. The molecule has 8 nitrogen and oxygen atoms in total. The van der Waals surface area contributed by atoms with Crippen LogP contribution in [0.5, 0.6) is 0 Å². The molecule has 2 aliphatic heterocycles. The molecule has 2 heterocycles. The molecule has 0 bridgehead atoms. The number of carbonyl (C=O) groups excluding carboxylic acids is 1. The molecular formula is C17H23ClN2O6S. The number of hydrogen-bond donors (Lipinski definition) is 1. The highest BCUT2D eigenvalue weighted by Crippen LogP contribution is 2.28. The fourth-order valence-electron chi connectivity index (χ4n) is 3.40. The Labute approximate surface area is 163 Å². The molecular weight excluding hydrogens is 396 g/mol. The summed E-state index contributed by atoms with van der Waals surface area (Å²) < 4.78 is 38.4.